The van der Waals surface area contributed by atoms with Crippen LogP contribution in [0.5, 0.6) is 0 Å². The summed E-state index contributed by atoms with van der Waals surface area (Å²) in [6, 6.07) is 7.47. The number of carboxylic acids is 1. The normalized spacial score (nSPS) is 11.0. The van der Waals surface area contributed by atoms with Crippen LogP contribution in [0.4, 0.5) is 0 Å². The molecule has 21 heavy (non-hydrogen) atoms. The number of hydrogen-bond donors (Lipinski definition) is 2. The number of nitrogens with zero attached hydrogens (tertiary/aromatic N) is 3. The number of aromatic carboxylic acids is 1. The minimum absolute atomic E-state index is 0.00532. The van der Waals surface area contributed by atoms with E-state index in [4.69, 9.17) is 5.11 Å². The zero-order chi connectivity index (χ0) is 15.4. The van der Waals surface area contributed by atoms with Crippen LogP contribution in [0.1, 0.15) is 41.2 Å². The summed E-state index contributed by atoms with van der Waals surface area (Å²) in [5, 5.41) is 26.0. The lowest BCUT2D eigenvalue weighted by Crippen LogP contribution is -2.12. The summed E-state index contributed by atoms with van der Waals surface area (Å²) in [4.78, 5) is 11.2. The molecule has 6 heteroatoms. The van der Waals surface area contributed by atoms with Crippen molar-refractivity contribution in [1.82, 2.24) is 15.0 Å². The molecule has 0 amide bonds. The topological polar surface area (TPSA) is 88.2 Å². The van der Waals surface area contributed by atoms with Gasteiger partial charge < -0.3 is 10.2 Å². The molecule has 2 rings (SSSR count). The Morgan fingerprint density at radius 2 is 1.86 bits per heavy atom. The highest BCUT2D eigenvalue weighted by Crippen LogP contribution is 2.14. The molecule has 2 N–H and O–H groups in total. The zero-order valence-corrected chi connectivity index (χ0v) is 12.2. The third kappa shape index (κ3) is 3.66. The van der Waals surface area contributed by atoms with Crippen LogP contribution in [0.15, 0.2) is 24.3 Å². The summed E-state index contributed by atoms with van der Waals surface area (Å²) in [7, 11) is 0. The highest BCUT2D eigenvalue weighted by atomic mass is 16.4. The predicted molar refractivity (Wildman–Crippen MR) is 77.0 cm³/mol. The third-order valence-electron chi connectivity index (χ3n) is 3.18. The lowest BCUT2D eigenvalue weighted by molar-refractivity contribution is 0.0689. The number of rotatable bonds is 6. The molecule has 6 nitrogen and oxygen atoms in total. The molecule has 1 aromatic heterocycles. The van der Waals surface area contributed by atoms with Gasteiger partial charge >= 0.3 is 5.97 Å². The molecule has 0 aliphatic carbocycles. The Morgan fingerprint density at radius 1 is 1.24 bits per heavy atom. The molecule has 0 aliphatic heterocycles. The Kier molecular flexibility index (Phi) is 4.70. The first-order chi connectivity index (χ1) is 10.0. The summed E-state index contributed by atoms with van der Waals surface area (Å²) in [6.07, 6.45) is 0.614. The minimum Gasteiger partial charge on any atom is -0.476 e. The van der Waals surface area contributed by atoms with Gasteiger partial charge in [0, 0.05) is 0 Å². The average Bonchev–Trinajstić information content (AvgIpc) is 2.82. The smallest absolute Gasteiger partial charge is 0.358 e. The van der Waals surface area contributed by atoms with Gasteiger partial charge in [0.05, 0.1) is 18.8 Å². The van der Waals surface area contributed by atoms with E-state index in [9.17, 15) is 9.90 Å². The van der Waals surface area contributed by atoms with Gasteiger partial charge in [0.15, 0.2) is 5.69 Å². The van der Waals surface area contributed by atoms with Gasteiger partial charge in [-0.05, 0) is 23.5 Å². The van der Waals surface area contributed by atoms with E-state index in [1.165, 1.54) is 0 Å². The van der Waals surface area contributed by atoms with Gasteiger partial charge in [0.2, 0.25) is 0 Å². The summed E-state index contributed by atoms with van der Waals surface area (Å²) >= 11 is 0. The second-order valence-corrected chi connectivity index (χ2v) is 5.42. The zero-order valence-electron chi connectivity index (χ0n) is 12.2. The third-order valence-corrected chi connectivity index (χ3v) is 3.18. The van der Waals surface area contributed by atoms with Gasteiger partial charge in [0.25, 0.3) is 0 Å². The highest BCUT2D eigenvalue weighted by Gasteiger charge is 2.19. The van der Waals surface area contributed by atoms with Crippen LogP contribution in [-0.4, -0.2) is 31.2 Å². The highest BCUT2D eigenvalue weighted by molar-refractivity contribution is 5.86. The van der Waals surface area contributed by atoms with E-state index in [-0.39, 0.29) is 12.3 Å². The van der Waals surface area contributed by atoms with Crippen molar-refractivity contribution < 1.29 is 15.0 Å². The largest absolute Gasteiger partial charge is 0.476 e. The first-order valence-electron chi connectivity index (χ1n) is 6.85. The van der Waals surface area contributed by atoms with E-state index in [1.54, 1.807) is 4.68 Å². The fourth-order valence-electron chi connectivity index (χ4n) is 2.14. The molecule has 0 saturated heterocycles. The van der Waals surface area contributed by atoms with E-state index >= 15 is 0 Å². The first-order valence-corrected chi connectivity index (χ1v) is 6.85. The van der Waals surface area contributed by atoms with Crippen molar-refractivity contribution >= 4 is 5.97 Å². The van der Waals surface area contributed by atoms with Crippen molar-refractivity contribution in [3.05, 3.63) is 46.8 Å². The number of benzene rings is 1. The monoisotopic (exact) mass is 289 g/mol. The molecule has 0 radical (unpaired) electrons. The molecule has 0 bridgehead atoms. The number of aliphatic hydroxyl groups excluding tert-OH is 1. The van der Waals surface area contributed by atoms with Crippen molar-refractivity contribution in [2.75, 3.05) is 0 Å². The van der Waals surface area contributed by atoms with Gasteiger partial charge in [-0.3, -0.25) is 0 Å². The molecule has 0 atom stereocenters. The van der Waals surface area contributed by atoms with E-state index < -0.39 is 5.97 Å². The SMILES string of the molecule is CC(C)Cc1c(C(=O)O)nnn1Cc1ccc(CO)cc1. The summed E-state index contributed by atoms with van der Waals surface area (Å²) in [6.45, 7) is 4.53. The predicted octanol–water partition coefficient (Wildman–Crippen LogP) is 1.72. The van der Waals surface area contributed by atoms with Crippen molar-refractivity contribution in [2.24, 2.45) is 5.92 Å². The number of aliphatic hydroxyl groups is 1. The van der Waals surface area contributed by atoms with Crippen LogP contribution >= 0.6 is 0 Å². The van der Waals surface area contributed by atoms with Gasteiger partial charge in [-0.2, -0.15) is 0 Å². The summed E-state index contributed by atoms with van der Waals surface area (Å²) < 4.78 is 1.64. The Morgan fingerprint density at radius 3 is 2.38 bits per heavy atom. The van der Waals surface area contributed by atoms with Gasteiger partial charge in [-0.25, -0.2) is 9.48 Å². The van der Waals surface area contributed by atoms with Crippen LogP contribution in [-0.2, 0) is 19.6 Å². The number of hydrogen-bond acceptors (Lipinski definition) is 4. The molecule has 0 saturated carbocycles. The Balaban J connectivity index is 2.27. The van der Waals surface area contributed by atoms with Crippen LogP contribution in [0.25, 0.3) is 0 Å². The van der Waals surface area contributed by atoms with E-state index in [0.29, 0.717) is 24.6 Å². The second kappa shape index (κ2) is 6.49. The maximum Gasteiger partial charge on any atom is 0.358 e. The maximum atomic E-state index is 11.2. The molecule has 112 valence electrons. The Hall–Kier alpha value is -2.21. The van der Waals surface area contributed by atoms with Gasteiger partial charge in [-0.1, -0.05) is 43.3 Å². The standard InChI is InChI=1S/C15H19N3O3/c1-10(2)7-13-14(15(20)21)16-17-18(13)8-11-3-5-12(9-19)6-4-11/h3-6,10,19H,7-9H2,1-2H3,(H,20,21). The molecule has 1 heterocycles. The van der Waals surface area contributed by atoms with E-state index in [0.717, 1.165) is 11.1 Å². The lowest BCUT2D eigenvalue weighted by atomic mass is 10.1. The molecule has 1 aromatic carbocycles. The van der Waals surface area contributed by atoms with Crippen LogP contribution in [0.3, 0.4) is 0 Å². The second-order valence-electron chi connectivity index (χ2n) is 5.42. The van der Waals surface area contributed by atoms with Gasteiger partial charge in [-0.15, -0.1) is 5.10 Å². The maximum absolute atomic E-state index is 11.2. The molecule has 0 fully saturated rings. The summed E-state index contributed by atoms with van der Waals surface area (Å²) in [5.74, 6) is -0.732. The quantitative estimate of drug-likeness (QED) is 0.845. The Labute approximate surface area is 123 Å². The van der Waals surface area contributed by atoms with Gasteiger partial charge in [0.1, 0.15) is 0 Å². The van der Waals surface area contributed by atoms with E-state index in [2.05, 4.69) is 10.3 Å². The van der Waals surface area contributed by atoms with Crippen LogP contribution in [0, 0.1) is 5.92 Å². The molecule has 2 aromatic rings. The summed E-state index contributed by atoms with van der Waals surface area (Å²) in [5.41, 5.74) is 2.49. The fraction of sp³-hybridized carbons (Fsp3) is 0.400. The van der Waals surface area contributed by atoms with Crippen molar-refractivity contribution in [2.45, 2.75) is 33.4 Å². The number of carbonyl (C=O) groups is 1. The molecular weight excluding hydrogens is 270 g/mol. The molecule has 0 aliphatic rings. The van der Waals surface area contributed by atoms with E-state index in [1.807, 2.05) is 38.1 Å². The van der Waals surface area contributed by atoms with Crippen LogP contribution < -0.4 is 0 Å². The lowest BCUT2D eigenvalue weighted by Gasteiger charge is -2.09. The van der Waals surface area contributed by atoms with Crippen LogP contribution in [0.2, 0.25) is 0 Å². The minimum atomic E-state index is -1.05. The Bertz CT molecular complexity index is 618. The van der Waals surface area contributed by atoms with Crippen molar-refractivity contribution in [3.63, 3.8) is 0 Å². The van der Waals surface area contributed by atoms with Crippen molar-refractivity contribution in [3.8, 4) is 0 Å². The van der Waals surface area contributed by atoms with Crippen molar-refractivity contribution in [1.29, 1.82) is 0 Å². The number of aromatic nitrogens is 3. The molecular formula is C15H19N3O3. The molecule has 0 spiro atoms. The number of carboxylic acid groups (broad SMARTS) is 1. The average molecular weight is 289 g/mol. The first kappa shape index (κ1) is 15.2. The molecule has 0 unspecified atom stereocenters. The fourth-order valence-corrected chi connectivity index (χ4v) is 2.14.